The van der Waals surface area contributed by atoms with Gasteiger partial charge in [-0.15, -0.1) is 6.58 Å². The van der Waals surface area contributed by atoms with Gasteiger partial charge in [-0.25, -0.2) is 8.78 Å². The minimum atomic E-state index is -2.79. The van der Waals surface area contributed by atoms with Crippen LogP contribution in [-0.2, 0) is 4.79 Å². The zero-order chi connectivity index (χ0) is 22.3. The highest BCUT2D eigenvalue weighted by atomic mass is 19.3. The van der Waals surface area contributed by atoms with Crippen LogP contribution in [0.3, 0.4) is 0 Å². The zero-order valence-electron chi connectivity index (χ0n) is 18.3. The first-order chi connectivity index (χ1) is 14.2. The van der Waals surface area contributed by atoms with Crippen molar-refractivity contribution < 1.29 is 13.6 Å². The Hall–Kier alpha value is -2.36. The molecule has 2 nitrogen and oxygen atoms in total. The Kier molecular flexibility index (Phi) is 8.45. The highest BCUT2D eigenvalue weighted by molar-refractivity contribution is 6.06. The smallest absolute Gasteiger partial charge is 0.251 e. The molecule has 162 valence electrons. The lowest BCUT2D eigenvalue weighted by atomic mass is 9.75. The van der Waals surface area contributed by atoms with Crippen LogP contribution in [0.25, 0.3) is 0 Å². The Morgan fingerprint density at radius 1 is 1.33 bits per heavy atom. The second kappa shape index (κ2) is 10.6. The minimum absolute atomic E-state index is 0.157. The summed E-state index contributed by atoms with van der Waals surface area (Å²) in [5.41, 5.74) is 3.35. The maximum atomic E-state index is 13.8. The Morgan fingerprint density at radius 2 is 2.00 bits per heavy atom. The summed E-state index contributed by atoms with van der Waals surface area (Å²) in [6, 6.07) is 9.57. The lowest BCUT2D eigenvalue weighted by molar-refractivity contribution is -0.115. The summed E-state index contributed by atoms with van der Waals surface area (Å²) in [6.07, 6.45) is 4.33. The Bertz CT molecular complexity index is 823. The maximum absolute atomic E-state index is 13.8. The van der Waals surface area contributed by atoms with Crippen molar-refractivity contribution in [1.29, 1.82) is 0 Å². The van der Waals surface area contributed by atoms with Gasteiger partial charge in [-0.3, -0.25) is 9.79 Å². The average molecular weight is 414 g/mol. The number of carbonyl (C=O) groups is 1. The highest BCUT2D eigenvalue weighted by Gasteiger charge is 2.30. The lowest BCUT2D eigenvalue weighted by Gasteiger charge is -2.31. The van der Waals surface area contributed by atoms with Crippen molar-refractivity contribution >= 4 is 11.5 Å². The van der Waals surface area contributed by atoms with Crippen LogP contribution in [0, 0.1) is 5.92 Å². The van der Waals surface area contributed by atoms with Crippen LogP contribution in [0.15, 0.2) is 71.8 Å². The number of rotatable bonds is 9. The fourth-order valence-corrected chi connectivity index (χ4v) is 4.04. The van der Waals surface area contributed by atoms with Crippen LogP contribution in [-0.4, -0.2) is 23.5 Å². The number of alkyl halides is 2. The fraction of sp³-hybridized carbons (Fsp3) is 0.462. The van der Waals surface area contributed by atoms with E-state index in [2.05, 4.69) is 37.2 Å². The Balaban J connectivity index is 2.14. The fourth-order valence-electron chi connectivity index (χ4n) is 4.04. The zero-order valence-corrected chi connectivity index (χ0v) is 18.3. The van der Waals surface area contributed by atoms with Gasteiger partial charge in [0.15, 0.2) is 5.78 Å². The van der Waals surface area contributed by atoms with Gasteiger partial charge in [0.25, 0.3) is 5.92 Å². The molecule has 0 aliphatic heterocycles. The van der Waals surface area contributed by atoms with Crippen molar-refractivity contribution in [2.24, 2.45) is 10.9 Å². The number of Topliss-reactive ketones (excluding diaryl/α,β-unsaturated/α-hetero) is 1. The maximum Gasteiger partial charge on any atom is 0.251 e. The van der Waals surface area contributed by atoms with E-state index in [9.17, 15) is 13.6 Å². The third-order valence-electron chi connectivity index (χ3n) is 5.71. The van der Waals surface area contributed by atoms with E-state index in [0.717, 1.165) is 24.1 Å². The van der Waals surface area contributed by atoms with E-state index in [1.54, 1.807) is 13.8 Å². The largest absolute Gasteiger partial charge is 0.292 e. The molecule has 1 aromatic carbocycles. The average Bonchev–Trinajstić information content (AvgIpc) is 2.71. The van der Waals surface area contributed by atoms with Crippen LogP contribution in [0.5, 0.6) is 0 Å². The predicted molar refractivity (Wildman–Crippen MR) is 121 cm³/mol. The summed E-state index contributed by atoms with van der Waals surface area (Å²) in [5, 5.41) is 0. The second-order valence-corrected chi connectivity index (χ2v) is 8.31. The number of aliphatic imine (C=N–C) groups is 1. The number of halogens is 2. The van der Waals surface area contributed by atoms with Crippen LogP contribution >= 0.6 is 0 Å². The SMILES string of the molecule is C=CC(N=C1C(=C)C[C@H](c2ccccc2)C[C@@H]1C)C(=O)/C(C)=C/CC(F)(F)CCC. The van der Waals surface area contributed by atoms with Crippen molar-refractivity contribution in [3.8, 4) is 0 Å². The molecular formula is C26H33F2NO. The van der Waals surface area contributed by atoms with Gasteiger partial charge < -0.3 is 0 Å². The highest BCUT2D eigenvalue weighted by Crippen LogP contribution is 2.37. The Morgan fingerprint density at radius 3 is 2.57 bits per heavy atom. The summed E-state index contributed by atoms with van der Waals surface area (Å²) < 4.78 is 27.5. The van der Waals surface area contributed by atoms with Crippen molar-refractivity contribution in [3.05, 3.63) is 72.4 Å². The monoisotopic (exact) mass is 413 g/mol. The van der Waals surface area contributed by atoms with Gasteiger partial charge in [-0.1, -0.05) is 69.3 Å². The standard InChI is InChI=1S/C26H33F2NO/c1-6-14-26(27,28)15-13-18(3)25(30)23(7-2)29-24-19(4)16-22(17-20(24)5)21-11-9-8-10-12-21/h7-13,20,22-23H,2,4,6,14-17H2,1,3,5H3/b18-13+,29-24?/t20-,22-,23?/m0/s1. The van der Waals surface area contributed by atoms with Crippen molar-refractivity contribution in [2.45, 2.75) is 70.8 Å². The van der Waals surface area contributed by atoms with Crippen molar-refractivity contribution in [3.63, 3.8) is 0 Å². The van der Waals surface area contributed by atoms with E-state index >= 15 is 0 Å². The third kappa shape index (κ3) is 6.32. The number of nitrogens with zero attached hydrogens (tertiary/aromatic N) is 1. The Labute approximate surface area is 179 Å². The van der Waals surface area contributed by atoms with E-state index in [0.29, 0.717) is 17.9 Å². The molecule has 0 aromatic heterocycles. The van der Waals surface area contributed by atoms with Gasteiger partial charge in [-0.2, -0.15) is 0 Å². The summed E-state index contributed by atoms with van der Waals surface area (Å²) >= 11 is 0. The first-order valence-electron chi connectivity index (χ1n) is 10.7. The molecule has 1 aliphatic rings. The van der Waals surface area contributed by atoms with E-state index in [-0.39, 0.29) is 18.1 Å². The first kappa shape index (κ1) is 23.9. The van der Waals surface area contributed by atoms with E-state index < -0.39 is 18.4 Å². The molecule has 1 fully saturated rings. The molecule has 2 rings (SSSR count). The molecule has 1 unspecified atom stereocenters. The number of carbonyl (C=O) groups excluding carboxylic acids is 1. The molecule has 0 saturated heterocycles. The summed E-state index contributed by atoms with van der Waals surface area (Å²) in [6.45, 7) is 13.4. The van der Waals surface area contributed by atoms with Crippen LogP contribution < -0.4 is 0 Å². The topological polar surface area (TPSA) is 29.4 Å². The van der Waals surface area contributed by atoms with Crippen LogP contribution in [0.4, 0.5) is 8.78 Å². The predicted octanol–water partition coefficient (Wildman–Crippen LogP) is 7.09. The second-order valence-electron chi connectivity index (χ2n) is 8.31. The molecule has 0 spiro atoms. The molecule has 0 N–H and O–H groups in total. The van der Waals surface area contributed by atoms with Crippen molar-refractivity contribution in [2.75, 3.05) is 0 Å². The summed E-state index contributed by atoms with van der Waals surface area (Å²) in [7, 11) is 0. The van der Waals surface area contributed by atoms with Gasteiger partial charge in [0, 0.05) is 18.6 Å². The quantitative estimate of drug-likeness (QED) is 0.314. The van der Waals surface area contributed by atoms with Crippen LogP contribution in [0.2, 0.25) is 0 Å². The van der Waals surface area contributed by atoms with Gasteiger partial charge >= 0.3 is 0 Å². The molecule has 4 heteroatoms. The normalized spacial score (nSPS) is 22.8. The molecule has 1 aromatic rings. The molecular weight excluding hydrogens is 380 g/mol. The number of benzene rings is 1. The lowest BCUT2D eigenvalue weighted by Crippen LogP contribution is -2.28. The first-order valence-corrected chi connectivity index (χ1v) is 10.7. The van der Waals surface area contributed by atoms with Gasteiger partial charge in [0.2, 0.25) is 0 Å². The summed E-state index contributed by atoms with van der Waals surface area (Å²) in [5.74, 6) is -2.53. The van der Waals surface area contributed by atoms with Crippen molar-refractivity contribution in [1.82, 2.24) is 0 Å². The molecule has 0 radical (unpaired) electrons. The third-order valence-corrected chi connectivity index (χ3v) is 5.71. The number of ketones is 1. The molecule has 0 heterocycles. The molecule has 0 amide bonds. The van der Waals surface area contributed by atoms with Gasteiger partial charge in [-0.05, 0) is 48.3 Å². The molecule has 3 atom stereocenters. The molecule has 1 saturated carbocycles. The summed E-state index contributed by atoms with van der Waals surface area (Å²) in [4.78, 5) is 17.5. The van der Waals surface area contributed by atoms with Crippen LogP contribution in [0.1, 0.15) is 64.4 Å². The van der Waals surface area contributed by atoms with E-state index in [4.69, 9.17) is 0 Å². The molecule has 0 bridgehead atoms. The van der Waals surface area contributed by atoms with E-state index in [1.807, 2.05) is 18.2 Å². The van der Waals surface area contributed by atoms with Gasteiger partial charge in [0.1, 0.15) is 6.04 Å². The molecule has 30 heavy (non-hydrogen) atoms. The van der Waals surface area contributed by atoms with Gasteiger partial charge in [0.05, 0.1) is 0 Å². The number of allylic oxidation sites excluding steroid dienone is 2. The minimum Gasteiger partial charge on any atom is -0.292 e. The number of hydrogen-bond donors (Lipinski definition) is 0. The number of hydrogen-bond acceptors (Lipinski definition) is 2. The van der Waals surface area contributed by atoms with E-state index in [1.165, 1.54) is 17.7 Å². The molecule has 1 aliphatic carbocycles.